The molecule has 1 aromatic heterocycles. The molecule has 0 saturated heterocycles. The summed E-state index contributed by atoms with van der Waals surface area (Å²) in [6.07, 6.45) is 9.26. The standard InChI is InChI=1S/C18H31N3O/c1-13(17-14(2)20-21(4)15(17)3)18(22)19-12-16-10-8-6-5-7-9-11-16/h13,16H,5-12H2,1-4H3,(H,19,22). The highest BCUT2D eigenvalue weighted by atomic mass is 16.1. The summed E-state index contributed by atoms with van der Waals surface area (Å²) < 4.78 is 1.86. The molecule has 4 nitrogen and oxygen atoms in total. The molecule has 1 N–H and O–H groups in total. The molecule has 0 spiro atoms. The molecule has 1 saturated carbocycles. The van der Waals surface area contributed by atoms with Crippen LogP contribution < -0.4 is 5.32 Å². The zero-order chi connectivity index (χ0) is 16.1. The minimum atomic E-state index is -0.123. The Balaban J connectivity index is 1.90. The Morgan fingerprint density at radius 1 is 1.23 bits per heavy atom. The highest BCUT2D eigenvalue weighted by Gasteiger charge is 2.23. The number of aromatic nitrogens is 2. The molecule has 1 heterocycles. The molecule has 1 aliphatic carbocycles. The predicted octanol–water partition coefficient (Wildman–Crippen LogP) is 3.62. The van der Waals surface area contributed by atoms with Gasteiger partial charge in [-0.05, 0) is 39.5 Å². The molecule has 0 aliphatic heterocycles. The summed E-state index contributed by atoms with van der Waals surface area (Å²) >= 11 is 0. The van der Waals surface area contributed by atoms with Gasteiger partial charge in [-0.25, -0.2) is 0 Å². The third-order valence-corrected chi connectivity index (χ3v) is 5.18. The number of amides is 1. The van der Waals surface area contributed by atoms with Gasteiger partial charge < -0.3 is 5.32 Å². The van der Waals surface area contributed by atoms with E-state index in [1.54, 1.807) is 0 Å². The van der Waals surface area contributed by atoms with Gasteiger partial charge >= 0.3 is 0 Å². The van der Waals surface area contributed by atoms with Gasteiger partial charge in [-0.2, -0.15) is 5.10 Å². The number of nitrogens with zero attached hydrogens (tertiary/aromatic N) is 2. The molecule has 1 aliphatic rings. The van der Waals surface area contributed by atoms with Gasteiger partial charge in [0.25, 0.3) is 0 Å². The van der Waals surface area contributed by atoms with Gasteiger partial charge in [-0.15, -0.1) is 0 Å². The van der Waals surface area contributed by atoms with E-state index in [2.05, 4.69) is 10.4 Å². The first kappa shape index (κ1) is 17.0. The SMILES string of the molecule is Cc1nn(C)c(C)c1C(C)C(=O)NCC1CCCCCCC1. The largest absolute Gasteiger partial charge is 0.355 e. The molecule has 0 radical (unpaired) electrons. The first-order valence-corrected chi connectivity index (χ1v) is 8.78. The van der Waals surface area contributed by atoms with Crippen molar-refractivity contribution in [2.75, 3.05) is 6.54 Å². The maximum atomic E-state index is 12.5. The van der Waals surface area contributed by atoms with Crippen LogP contribution in [-0.4, -0.2) is 22.2 Å². The summed E-state index contributed by atoms with van der Waals surface area (Å²) in [5, 5.41) is 7.61. The number of hydrogen-bond acceptors (Lipinski definition) is 2. The molecular formula is C18H31N3O. The van der Waals surface area contributed by atoms with Crippen LogP contribution in [0.4, 0.5) is 0 Å². The average Bonchev–Trinajstić information content (AvgIpc) is 2.70. The fraction of sp³-hybridized carbons (Fsp3) is 0.778. The quantitative estimate of drug-likeness (QED) is 0.923. The van der Waals surface area contributed by atoms with E-state index in [0.717, 1.165) is 23.5 Å². The van der Waals surface area contributed by atoms with Crippen LogP contribution >= 0.6 is 0 Å². The van der Waals surface area contributed by atoms with Crippen molar-refractivity contribution in [1.82, 2.24) is 15.1 Å². The number of hydrogen-bond donors (Lipinski definition) is 1. The number of aryl methyl sites for hydroxylation is 2. The highest BCUT2D eigenvalue weighted by molar-refractivity contribution is 5.83. The van der Waals surface area contributed by atoms with Gasteiger partial charge in [-0.3, -0.25) is 9.48 Å². The summed E-state index contributed by atoms with van der Waals surface area (Å²) in [5.41, 5.74) is 3.14. The van der Waals surface area contributed by atoms with Crippen LogP contribution in [0.3, 0.4) is 0 Å². The van der Waals surface area contributed by atoms with E-state index in [9.17, 15) is 4.79 Å². The van der Waals surface area contributed by atoms with E-state index < -0.39 is 0 Å². The Labute approximate surface area is 134 Å². The Morgan fingerprint density at radius 2 is 1.82 bits per heavy atom. The molecule has 22 heavy (non-hydrogen) atoms. The second-order valence-electron chi connectivity index (χ2n) is 6.89. The molecule has 4 heteroatoms. The third kappa shape index (κ3) is 4.11. The maximum Gasteiger partial charge on any atom is 0.227 e. The minimum Gasteiger partial charge on any atom is -0.355 e. The van der Waals surface area contributed by atoms with Crippen molar-refractivity contribution < 1.29 is 4.79 Å². The molecule has 2 rings (SSSR count). The van der Waals surface area contributed by atoms with E-state index in [0.29, 0.717) is 5.92 Å². The summed E-state index contributed by atoms with van der Waals surface area (Å²) in [6.45, 7) is 6.85. The fourth-order valence-electron chi connectivity index (χ4n) is 3.69. The van der Waals surface area contributed by atoms with Crippen LogP contribution in [0.2, 0.25) is 0 Å². The van der Waals surface area contributed by atoms with Crippen LogP contribution in [0.1, 0.15) is 74.7 Å². The number of carbonyl (C=O) groups excluding carboxylic acids is 1. The lowest BCUT2D eigenvalue weighted by atomic mass is 9.91. The van der Waals surface area contributed by atoms with Gasteiger partial charge in [0.05, 0.1) is 11.6 Å². The van der Waals surface area contributed by atoms with E-state index in [1.165, 1.54) is 44.9 Å². The predicted molar refractivity (Wildman–Crippen MR) is 89.9 cm³/mol. The fourth-order valence-corrected chi connectivity index (χ4v) is 3.69. The molecule has 1 aromatic rings. The second kappa shape index (κ2) is 7.80. The van der Waals surface area contributed by atoms with Crippen LogP contribution in [0, 0.1) is 19.8 Å². The molecule has 1 unspecified atom stereocenters. The molecular weight excluding hydrogens is 274 g/mol. The number of rotatable bonds is 4. The molecule has 0 aromatic carbocycles. The molecule has 1 fully saturated rings. The van der Waals surface area contributed by atoms with Crippen LogP contribution in [-0.2, 0) is 11.8 Å². The lowest BCUT2D eigenvalue weighted by molar-refractivity contribution is -0.122. The van der Waals surface area contributed by atoms with Gasteiger partial charge in [0, 0.05) is 24.8 Å². The van der Waals surface area contributed by atoms with Crippen LogP contribution in [0.25, 0.3) is 0 Å². The lowest BCUT2D eigenvalue weighted by Crippen LogP contribution is -2.33. The Hall–Kier alpha value is -1.32. The normalized spacial score (nSPS) is 18.5. The van der Waals surface area contributed by atoms with Crippen molar-refractivity contribution in [2.24, 2.45) is 13.0 Å². The number of carbonyl (C=O) groups is 1. The van der Waals surface area contributed by atoms with E-state index in [4.69, 9.17) is 0 Å². The first-order chi connectivity index (χ1) is 10.5. The zero-order valence-electron chi connectivity index (χ0n) is 14.6. The van der Waals surface area contributed by atoms with Crippen molar-refractivity contribution in [3.63, 3.8) is 0 Å². The third-order valence-electron chi connectivity index (χ3n) is 5.18. The summed E-state index contributed by atoms with van der Waals surface area (Å²) in [7, 11) is 1.94. The van der Waals surface area contributed by atoms with E-state index >= 15 is 0 Å². The maximum absolute atomic E-state index is 12.5. The van der Waals surface area contributed by atoms with Gasteiger partial charge in [0.2, 0.25) is 5.91 Å². The van der Waals surface area contributed by atoms with E-state index in [-0.39, 0.29) is 11.8 Å². The van der Waals surface area contributed by atoms with Crippen molar-refractivity contribution in [3.05, 3.63) is 17.0 Å². The Kier molecular flexibility index (Phi) is 6.04. The summed E-state index contributed by atoms with van der Waals surface area (Å²) in [5.74, 6) is 0.677. The summed E-state index contributed by atoms with van der Waals surface area (Å²) in [6, 6.07) is 0. The number of nitrogens with one attached hydrogen (secondary N) is 1. The van der Waals surface area contributed by atoms with E-state index in [1.807, 2.05) is 32.5 Å². The molecule has 1 amide bonds. The zero-order valence-corrected chi connectivity index (χ0v) is 14.6. The first-order valence-electron chi connectivity index (χ1n) is 8.78. The van der Waals surface area contributed by atoms with Gasteiger partial charge in [0.1, 0.15) is 0 Å². The highest BCUT2D eigenvalue weighted by Crippen LogP contribution is 2.24. The van der Waals surface area contributed by atoms with Crippen molar-refractivity contribution in [1.29, 1.82) is 0 Å². The Bertz CT molecular complexity index is 499. The topological polar surface area (TPSA) is 46.9 Å². The van der Waals surface area contributed by atoms with Gasteiger partial charge in [-0.1, -0.05) is 32.1 Å². The molecule has 0 bridgehead atoms. The summed E-state index contributed by atoms with van der Waals surface area (Å²) in [4.78, 5) is 12.5. The van der Waals surface area contributed by atoms with Crippen molar-refractivity contribution in [2.45, 2.75) is 71.6 Å². The minimum absolute atomic E-state index is 0.123. The average molecular weight is 305 g/mol. The lowest BCUT2D eigenvalue weighted by Gasteiger charge is -2.21. The van der Waals surface area contributed by atoms with Crippen molar-refractivity contribution in [3.8, 4) is 0 Å². The van der Waals surface area contributed by atoms with Crippen LogP contribution in [0.15, 0.2) is 0 Å². The second-order valence-corrected chi connectivity index (χ2v) is 6.89. The smallest absolute Gasteiger partial charge is 0.227 e. The molecule has 1 atom stereocenters. The van der Waals surface area contributed by atoms with Crippen molar-refractivity contribution >= 4 is 5.91 Å². The monoisotopic (exact) mass is 305 g/mol. The molecule has 124 valence electrons. The van der Waals surface area contributed by atoms with Crippen LogP contribution in [0.5, 0.6) is 0 Å². The Morgan fingerprint density at radius 3 is 2.36 bits per heavy atom. The van der Waals surface area contributed by atoms with Gasteiger partial charge in [0.15, 0.2) is 0 Å².